The Morgan fingerprint density at radius 3 is 0.946 bits per heavy atom. The van der Waals surface area contributed by atoms with E-state index in [2.05, 4.69) is 399 Å². The molecule has 2 aliphatic rings. The number of hydrogen-bond donors (Lipinski definition) is 2. The summed E-state index contributed by atoms with van der Waals surface area (Å²) in [5.41, 5.74) is 30.6. The second-order valence-corrected chi connectivity index (χ2v) is 31.8. The number of aromatic nitrogens is 2. The van der Waals surface area contributed by atoms with E-state index in [1.54, 1.807) is 6.07 Å². The van der Waals surface area contributed by atoms with Gasteiger partial charge in [0.2, 0.25) is 0 Å². The van der Waals surface area contributed by atoms with E-state index in [-0.39, 0.29) is 10.8 Å². The Bertz CT molecular complexity index is 7040. The first-order valence-electron chi connectivity index (χ1n) is 38.6. The van der Waals surface area contributed by atoms with Gasteiger partial charge in [0.25, 0.3) is 0 Å². The molecule has 532 valence electrons. The van der Waals surface area contributed by atoms with Crippen LogP contribution >= 0.6 is 15.9 Å². The van der Waals surface area contributed by atoms with Crippen LogP contribution in [0.1, 0.15) is 49.9 Å². The van der Waals surface area contributed by atoms with Gasteiger partial charge in [-0.1, -0.05) is 347 Å². The summed E-state index contributed by atoms with van der Waals surface area (Å²) in [5.74, 6) is 0. The van der Waals surface area contributed by atoms with Gasteiger partial charge in [0.05, 0.1) is 22.1 Å². The van der Waals surface area contributed by atoms with Gasteiger partial charge in [-0.2, -0.15) is 0 Å². The topological polar surface area (TPSA) is 50.3 Å². The lowest BCUT2D eigenvalue weighted by molar-refractivity contribution is 0.425. The molecule has 0 saturated carbocycles. The van der Waals surface area contributed by atoms with Gasteiger partial charge in [-0.15, -0.1) is 0 Å². The molecule has 6 heteroatoms. The molecule has 0 aliphatic heterocycles. The summed E-state index contributed by atoms with van der Waals surface area (Å²) in [7, 11) is -1.41. The lowest BCUT2D eigenvalue weighted by atomic mass is 9.75. The summed E-state index contributed by atoms with van der Waals surface area (Å²) >= 11 is 3.67. The predicted octanol–water partition coefficient (Wildman–Crippen LogP) is 27.3. The van der Waals surface area contributed by atoms with Crippen LogP contribution in [0.15, 0.2) is 381 Å². The number of nitrogens with zero attached hydrogens (tertiary/aromatic N) is 2. The second kappa shape index (κ2) is 27.3. The summed E-state index contributed by atoms with van der Waals surface area (Å²) in [4.78, 5) is 0. The van der Waals surface area contributed by atoms with Crippen LogP contribution in [0.5, 0.6) is 0 Å². The summed E-state index contributed by atoms with van der Waals surface area (Å²) in [5, 5.41) is 33.8. The molecular formula is C106H76BBrN2O2. The van der Waals surface area contributed by atoms with E-state index in [4.69, 9.17) is 0 Å². The van der Waals surface area contributed by atoms with Gasteiger partial charge in [-0.25, -0.2) is 0 Å². The van der Waals surface area contributed by atoms with E-state index >= 15 is 0 Å². The number of para-hydroxylation sites is 2. The Kier molecular flexibility index (Phi) is 16.6. The second-order valence-electron chi connectivity index (χ2n) is 30.9. The molecule has 0 bridgehead atoms. The van der Waals surface area contributed by atoms with E-state index < -0.39 is 7.12 Å². The zero-order valence-corrected chi connectivity index (χ0v) is 64.1. The molecule has 112 heavy (non-hydrogen) atoms. The molecule has 2 N–H and O–H groups in total. The van der Waals surface area contributed by atoms with Crippen LogP contribution in [-0.2, 0) is 10.8 Å². The van der Waals surface area contributed by atoms with Crippen molar-refractivity contribution in [2.45, 2.75) is 38.5 Å². The van der Waals surface area contributed by atoms with E-state index in [1.807, 2.05) is 24.3 Å². The van der Waals surface area contributed by atoms with Crippen molar-refractivity contribution >= 4 is 115 Å². The molecule has 2 aromatic heterocycles. The van der Waals surface area contributed by atoms with Crippen molar-refractivity contribution in [1.29, 1.82) is 0 Å². The molecule has 22 rings (SSSR count). The number of halogens is 1. The Balaban J connectivity index is 0.000000123. The van der Waals surface area contributed by atoms with Crippen molar-refractivity contribution in [2.75, 3.05) is 0 Å². The Morgan fingerprint density at radius 2 is 0.527 bits per heavy atom. The van der Waals surface area contributed by atoms with Crippen LogP contribution in [0.25, 0.3) is 176 Å². The average molecular weight is 1500 g/mol. The van der Waals surface area contributed by atoms with Gasteiger partial charge in [-0.05, 0) is 221 Å². The Morgan fingerprint density at radius 1 is 0.232 bits per heavy atom. The fourth-order valence-corrected chi connectivity index (χ4v) is 19.0. The fraction of sp³-hybridized carbons (Fsp3) is 0.0566. The first kappa shape index (κ1) is 68.3. The minimum Gasteiger partial charge on any atom is -0.423 e. The van der Waals surface area contributed by atoms with Crippen molar-refractivity contribution in [3.63, 3.8) is 0 Å². The molecule has 0 amide bonds. The molecule has 0 spiro atoms. The SMILES string of the molecule is Brc1ccc2c(c1)c1ccccc1n2-c1ccc(-c2c3ccccc3c(-c3ccccc3)c3ccccc23)cc1.CC1(C)c2ccccc2-c2ccc(-c3ccc4c(c3)c3ccccc3n4-c3ccc(-c4c5ccccc5c(-c5ccccc5)c5ccccc45)cc3)cc21.CC1(C)c2ccccc2-c2ccc(B(O)O)cc21. The summed E-state index contributed by atoms with van der Waals surface area (Å²) < 4.78 is 5.89. The van der Waals surface area contributed by atoms with E-state index in [0.717, 1.165) is 21.4 Å². The van der Waals surface area contributed by atoms with E-state index in [1.165, 1.54) is 181 Å². The number of benzene rings is 18. The largest absolute Gasteiger partial charge is 0.488 e. The maximum absolute atomic E-state index is 9.30. The highest BCUT2D eigenvalue weighted by Crippen LogP contribution is 2.52. The first-order valence-corrected chi connectivity index (χ1v) is 39.4. The molecule has 20 aromatic rings. The number of fused-ring (bicyclic) bond motifs is 16. The molecule has 0 fully saturated rings. The highest BCUT2D eigenvalue weighted by Gasteiger charge is 2.37. The van der Waals surface area contributed by atoms with Gasteiger partial charge in [-0.3, -0.25) is 0 Å². The van der Waals surface area contributed by atoms with Crippen LogP contribution in [0.4, 0.5) is 0 Å². The molecule has 18 aromatic carbocycles. The minimum absolute atomic E-state index is 0.0310. The van der Waals surface area contributed by atoms with Crippen LogP contribution in [-0.4, -0.2) is 26.3 Å². The summed E-state index contributed by atoms with van der Waals surface area (Å²) in [6.45, 7) is 9.05. The standard InChI is InChI=1S/C53H37N.C38H24BrN.C15H15BO2/c1-53(2)47-22-12-10-16-39(47)40-30-26-37(33-48(40)53)36-27-31-50-46(32-36)41-17-11-13-23-49(41)54(50)38-28-24-35(25-29-38)52-44-20-8-6-18-42(44)51(34-14-4-3-5-15-34)43-19-7-9-21-45(43)52;39-27-20-23-36-34(24-27)29-12-8-9-17-35(29)40(36)28-21-18-26(19-22-28)38-32-15-6-4-13-30(32)37(25-10-2-1-3-11-25)31-14-5-7-16-33(31)38;1-15(2)13-6-4-3-5-11(13)12-8-7-10(16(17)18)9-14(12)15/h3-33H,1-2H3;1-24H;3-9,17-18H,1-2H3. The van der Waals surface area contributed by atoms with Gasteiger partial charge >= 0.3 is 7.12 Å². The van der Waals surface area contributed by atoms with Crippen molar-refractivity contribution in [1.82, 2.24) is 9.13 Å². The summed E-state index contributed by atoms with van der Waals surface area (Å²) in [6, 6.07) is 136. The van der Waals surface area contributed by atoms with Crippen molar-refractivity contribution in [3.05, 3.63) is 403 Å². The van der Waals surface area contributed by atoms with Crippen LogP contribution in [0.2, 0.25) is 0 Å². The molecule has 0 atom stereocenters. The smallest absolute Gasteiger partial charge is 0.423 e. The molecular weight excluding hydrogens is 1420 g/mol. The van der Waals surface area contributed by atoms with Gasteiger partial charge < -0.3 is 19.2 Å². The lowest BCUT2D eigenvalue weighted by Gasteiger charge is -2.22. The third kappa shape index (κ3) is 11.2. The molecule has 4 nitrogen and oxygen atoms in total. The first-order chi connectivity index (χ1) is 54.8. The number of hydrogen-bond acceptors (Lipinski definition) is 2. The molecule has 0 radical (unpaired) electrons. The maximum Gasteiger partial charge on any atom is 0.488 e. The van der Waals surface area contributed by atoms with Gasteiger partial charge in [0.1, 0.15) is 0 Å². The maximum atomic E-state index is 9.30. The molecule has 0 saturated heterocycles. The van der Waals surface area contributed by atoms with Crippen molar-refractivity contribution < 1.29 is 10.0 Å². The predicted molar refractivity (Wildman–Crippen MR) is 478 cm³/mol. The van der Waals surface area contributed by atoms with Crippen LogP contribution in [0, 0.1) is 0 Å². The molecule has 2 heterocycles. The van der Waals surface area contributed by atoms with Gasteiger partial charge in [0.15, 0.2) is 0 Å². The Labute approximate surface area is 660 Å². The summed E-state index contributed by atoms with van der Waals surface area (Å²) in [6.07, 6.45) is 0. The minimum atomic E-state index is -1.41. The highest BCUT2D eigenvalue weighted by molar-refractivity contribution is 9.10. The van der Waals surface area contributed by atoms with Crippen LogP contribution < -0.4 is 5.46 Å². The van der Waals surface area contributed by atoms with Crippen molar-refractivity contribution in [3.8, 4) is 89.3 Å². The third-order valence-electron chi connectivity index (χ3n) is 23.9. The third-order valence-corrected chi connectivity index (χ3v) is 24.4. The lowest BCUT2D eigenvalue weighted by Crippen LogP contribution is -2.31. The van der Waals surface area contributed by atoms with Crippen molar-refractivity contribution in [2.24, 2.45) is 0 Å². The molecule has 2 aliphatic carbocycles. The zero-order valence-electron chi connectivity index (χ0n) is 62.5. The van der Waals surface area contributed by atoms with E-state index in [9.17, 15) is 10.0 Å². The highest BCUT2D eigenvalue weighted by atomic mass is 79.9. The van der Waals surface area contributed by atoms with Gasteiger partial charge in [0, 0.05) is 48.2 Å². The monoisotopic (exact) mass is 1500 g/mol. The van der Waals surface area contributed by atoms with E-state index in [0.29, 0.717) is 5.46 Å². The normalized spacial score (nSPS) is 12.9. The molecule has 0 unspecified atom stereocenters. The zero-order chi connectivity index (χ0) is 75.5. The Hall–Kier alpha value is -12.9. The average Bonchev–Trinajstić information content (AvgIpc) is 1.26. The quantitative estimate of drug-likeness (QED) is 0.118. The van der Waals surface area contributed by atoms with Crippen LogP contribution in [0.3, 0.4) is 0 Å². The number of rotatable bonds is 8. The fourth-order valence-electron chi connectivity index (χ4n) is 18.7.